The molecule has 1 N–H and O–H groups in total. The van der Waals surface area contributed by atoms with Gasteiger partial charge in [-0.3, -0.25) is 14.9 Å². The van der Waals surface area contributed by atoms with Crippen LogP contribution in [0.4, 0.5) is 5.88 Å². The number of hydrogen-bond acceptors (Lipinski definition) is 11. The van der Waals surface area contributed by atoms with Crippen molar-refractivity contribution in [3.8, 4) is 28.7 Å². The van der Waals surface area contributed by atoms with Gasteiger partial charge >= 0.3 is 11.9 Å². The highest BCUT2D eigenvalue weighted by Gasteiger charge is 2.52. The van der Waals surface area contributed by atoms with Crippen molar-refractivity contribution >= 4 is 11.9 Å². The Kier molecular flexibility index (Phi) is 6.18. The molecule has 3 aliphatic rings. The van der Waals surface area contributed by atoms with Crippen molar-refractivity contribution in [2.45, 2.75) is 18.5 Å². The maximum Gasteiger partial charge on any atom is 0.433 e. The number of esters is 1. The van der Waals surface area contributed by atoms with E-state index in [4.69, 9.17) is 32.8 Å². The second-order valence-electron chi connectivity index (χ2n) is 9.45. The topological polar surface area (TPSA) is 141 Å². The largest absolute Gasteiger partial charge is 0.493 e. The number of carbonyl (C=O) groups excluding carboxylic acids is 1. The fourth-order valence-corrected chi connectivity index (χ4v) is 5.88. The molecule has 39 heavy (non-hydrogen) atoms. The second kappa shape index (κ2) is 9.70. The molecule has 2 aliphatic heterocycles. The Morgan fingerprint density at radius 2 is 1.67 bits per heavy atom. The smallest absolute Gasteiger partial charge is 0.433 e. The zero-order chi connectivity index (χ0) is 27.3. The number of rotatable bonds is 8. The number of cyclic esters (lactones) is 1. The SMILES string of the molecule is COc1cc([C@@H]2c3cc4c(cc3[C@@H](NCc3ccc([N+](=O)[O-])o3)[C@H]3COC(=O)[C@H]23)OCO4)cc(OC)c1OC. The molecule has 4 atom stereocenters. The fraction of sp³-hybridized carbons (Fsp3) is 0.370. The molecule has 12 nitrogen and oxygen atoms in total. The molecule has 0 bridgehead atoms. The molecule has 1 aliphatic carbocycles. The standard InChI is InChI=1S/C27H26N2O10/c1-33-20-6-13(7-21(34-2)26(20)35-3)23-15-8-18-19(38-12-37-18)9-16(15)25(17-11-36-27(30)24(17)23)28-10-14-4-5-22(39-14)29(31)32/h4-9,17,23-25,28H,10-12H2,1-3H3/t17-,23+,24-,25+/m0/s1. The zero-order valence-electron chi connectivity index (χ0n) is 21.4. The van der Waals surface area contributed by atoms with Gasteiger partial charge in [-0.25, -0.2) is 0 Å². The van der Waals surface area contributed by atoms with Gasteiger partial charge in [-0.15, -0.1) is 0 Å². The lowest BCUT2D eigenvalue weighted by atomic mass is 9.65. The predicted octanol–water partition coefficient (Wildman–Crippen LogP) is 3.71. The minimum absolute atomic E-state index is 0.0934. The van der Waals surface area contributed by atoms with Gasteiger partial charge in [0, 0.05) is 17.9 Å². The van der Waals surface area contributed by atoms with Gasteiger partial charge in [0.25, 0.3) is 0 Å². The lowest BCUT2D eigenvalue weighted by Crippen LogP contribution is -2.40. The first-order chi connectivity index (χ1) is 18.9. The molecule has 0 unspecified atom stereocenters. The molecule has 6 rings (SSSR count). The first-order valence-electron chi connectivity index (χ1n) is 12.3. The Morgan fingerprint density at radius 1 is 0.974 bits per heavy atom. The van der Waals surface area contributed by atoms with Crippen molar-refractivity contribution < 1.29 is 42.6 Å². The Morgan fingerprint density at radius 3 is 2.28 bits per heavy atom. The van der Waals surface area contributed by atoms with Gasteiger partial charge in [-0.2, -0.15) is 0 Å². The monoisotopic (exact) mass is 538 g/mol. The molecule has 3 heterocycles. The summed E-state index contributed by atoms with van der Waals surface area (Å²) in [5.41, 5.74) is 2.55. The highest BCUT2D eigenvalue weighted by Crippen LogP contribution is 2.55. The van der Waals surface area contributed by atoms with E-state index >= 15 is 0 Å². The fourth-order valence-electron chi connectivity index (χ4n) is 5.88. The number of nitro groups is 1. The minimum atomic E-state index is -0.582. The van der Waals surface area contributed by atoms with Crippen LogP contribution in [0.1, 0.15) is 34.4 Å². The molecule has 1 fully saturated rings. The van der Waals surface area contributed by atoms with E-state index in [1.165, 1.54) is 13.2 Å². The number of carbonyl (C=O) groups is 1. The summed E-state index contributed by atoms with van der Waals surface area (Å²) < 4.78 is 39.1. The number of methoxy groups -OCH3 is 3. The number of furan rings is 1. The maximum atomic E-state index is 13.3. The molecular weight excluding hydrogens is 512 g/mol. The molecule has 0 amide bonds. The third-order valence-corrected chi connectivity index (χ3v) is 7.56. The molecule has 3 aromatic rings. The minimum Gasteiger partial charge on any atom is -0.493 e. The van der Waals surface area contributed by atoms with E-state index in [0.29, 0.717) is 34.5 Å². The van der Waals surface area contributed by atoms with Crippen LogP contribution in [0, 0.1) is 22.0 Å². The lowest BCUT2D eigenvalue weighted by Gasteiger charge is -2.39. The van der Waals surface area contributed by atoms with Crippen LogP contribution < -0.4 is 29.0 Å². The Hall–Kier alpha value is -4.45. The van der Waals surface area contributed by atoms with Gasteiger partial charge in [-0.05, 0) is 47.0 Å². The number of nitrogens with zero attached hydrogens (tertiary/aromatic N) is 1. The molecular formula is C27H26N2O10. The Bertz CT molecular complexity index is 1430. The van der Waals surface area contributed by atoms with Crippen LogP contribution in [0.2, 0.25) is 0 Å². The van der Waals surface area contributed by atoms with E-state index in [-0.39, 0.29) is 43.8 Å². The molecule has 204 valence electrons. The maximum absolute atomic E-state index is 13.3. The van der Waals surface area contributed by atoms with Gasteiger partial charge in [-0.1, -0.05) is 0 Å². The van der Waals surface area contributed by atoms with Crippen LogP contribution in [0.3, 0.4) is 0 Å². The van der Waals surface area contributed by atoms with Crippen molar-refractivity contribution in [2.24, 2.45) is 11.8 Å². The van der Waals surface area contributed by atoms with Crippen LogP contribution in [-0.2, 0) is 16.1 Å². The molecule has 1 saturated heterocycles. The first kappa shape index (κ1) is 24.9. The van der Waals surface area contributed by atoms with Gasteiger partial charge in [0.15, 0.2) is 23.0 Å². The molecule has 1 aromatic heterocycles. The van der Waals surface area contributed by atoms with Crippen LogP contribution in [0.25, 0.3) is 0 Å². The molecule has 0 radical (unpaired) electrons. The first-order valence-corrected chi connectivity index (χ1v) is 12.3. The van der Waals surface area contributed by atoms with Crippen LogP contribution in [0.5, 0.6) is 28.7 Å². The molecule has 12 heteroatoms. The summed E-state index contributed by atoms with van der Waals surface area (Å²) in [7, 11) is 4.61. The number of hydrogen-bond donors (Lipinski definition) is 1. The van der Waals surface area contributed by atoms with Crippen molar-refractivity contribution in [1.82, 2.24) is 5.32 Å². The van der Waals surface area contributed by atoms with Crippen molar-refractivity contribution in [3.05, 3.63) is 69.0 Å². The third-order valence-electron chi connectivity index (χ3n) is 7.56. The molecule has 2 aromatic carbocycles. The average molecular weight is 539 g/mol. The normalized spacial score (nSPS) is 22.6. The highest BCUT2D eigenvalue weighted by atomic mass is 16.7. The Balaban J connectivity index is 1.47. The van der Waals surface area contributed by atoms with E-state index in [2.05, 4.69) is 5.32 Å². The number of ether oxygens (including phenoxy) is 6. The zero-order valence-corrected chi connectivity index (χ0v) is 21.4. The van der Waals surface area contributed by atoms with Crippen molar-refractivity contribution in [1.29, 1.82) is 0 Å². The summed E-state index contributed by atoms with van der Waals surface area (Å²) in [4.78, 5) is 23.8. The quantitative estimate of drug-likeness (QED) is 0.255. The summed E-state index contributed by atoms with van der Waals surface area (Å²) in [5, 5.41) is 14.5. The van der Waals surface area contributed by atoms with E-state index in [0.717, 1.165) is 16.7 Å². The van der Waals surface area contributed by atoms with Crippen molar-refractivity contribution in [3.63, 3.8) is 0 Å². The van der Waals surface area contributed by atoms with Gasteiger partial charge < -0.3 is 38.2 Å². The van der Waals surface area contributed by atoms with Gasteiger partial charge in [0.1, 0.15) is 10.7 Å². The third kappa shape index (κ3) is 4.07. The average Bonchev–Trinajstić information content (AvgIpc) is 3.69. The van der Waals surface area contributed by atoms with E-state index < -0.39 is 16.8 Å². The Labute approximate surface area is 222 Å². The van der Waals surface area contributed by atoms with Crippen LogP contribution >= 0.6 is 0 Å². The summed E-state index contributed by atoms with van der Waals surface area (Å²) >= 11 is 0. The van der Waals surface area contributed by atoms with E-state index in [9.17, 15) is 14.9 Å². The predicted molar refractivity (Wildman–Crippen MR) is 133 cm³/mol. The summed E-state index contributed by atoms with van der Waals surface area (Å²) in [5.74, 6) is 1.11. The summed E-state index contributed by atoms with van der Waals surface area (Å²) in [6, 6.07) is 10.0. The second-order valence-corrected chi connectivity index (χ2v) is 9.45. The highest BCUT2D eigenvalue weighted by molar-refractivity contribution is 5.79. The van der Waals surface area contributed by atoms with E-state index in [1.54, 1.807) is 20.3 Å². The summed E-state index contributed by atoms with van der Waals surface area (Å²) in [6.45, 7) is 0.503. The molecule has 0 saturated carbocycles. The number of fused-ring (bicyclic) bond motifs is 3. The van der Waals surface area contributed by atoms with E-state index in [1.807, 2.05) is 24.3 Å². The van der Waals surface area contributed by atoms with Crippen LogP contribution in [-0.4, -0.2) is 45.6 Å². The summed E-state index contributed by atoms with van der Waals surface area (Å²) in [6.07, 6.45) is 0. The number of nitrogens with one attached hydrogen (secondary N) is 1. The van der Waals surface area contributed by atoms with Gasteiger partial charge in [0.2, 0.25) is 12.5 Å². The number of benzene rings is 2. The lowest BCUT2D eigenvalue weighted by molar-refractivity contribution is -0.402. The van der Waals surface area contributed by atoms with Crippen molar-refractivity contribution in [2.75, 3.05) is 34.7 Å². The van der Waals surface area contributed by atoms with Gasteiger partial charge in [0.05, 0.1) is 46.5 Å². The molecule has 0 spiro atoms. The van der Waals surface area contributed by atoms with Crippen LogP contribution in [0.15, 0.2) is 40.8 Å².